The molecule has 3 heterocycles. The largest absolute Gasteiger partial charge is 0.457 e. The van der Waals surface area contributed by atoms with Gasteiger partial charge in [0.2, 0.25) is 0 Å². The molecule has 0 saturated carbocycles. The first-order valence-corrected chi connectivity index (χ1v) is 18.1. The maximum atomic E-state index is 6.63. The Hall–Kier alpha value is -7.24. The number of nitrogens with zero attached hydrogens (tertiary/aromatic N) is 4. The van der Waals surface area contributed by atoms with E-state index in [0.717, 1.165) is 72.6 Å². The van der Waals surface area contributed by atoms with E-state index in [4.69, 9.17) is 24.7 Å². The fourth-order valence-corrected chi connectivity index (χ4v) is 8.53. The predicted molar refractivity (Wildman–Crippen MR) is 214 cm³/mol. The molecule has 2 aliphatic rings. The summed E-state index contributed by atoms with van der Waals surface area (Å²) >= 11 is 0. The average molecular weight is 691 g/mol. The molecule has 0 atom stereocenters. The van der Waals surface area contributed by atoms with Crippen LogP contribution in [0.5, 0.6) is 11.5 Å². The fraction of sp³-hybridized carbons (Fsp3) is 0.0204. The summed E-state index contributed by atoms with van der Waals surface area (Å²) in [6.45, 7) is 0. The molecule has 1 spiro atoms. The highest BCUT2D eigenvalue weighted by molar-refractivity contribution is 6.04. The zero-order valence-electron chi connectivity index (χ0n) is 29.0. The van der Waals surface area contributed by atoms with E-state index in [0.29, 0.717) is 17.5 Å². The zero-order valence-corrected chi connectivity index (χ0v) is 29.0. The number of ether oxygens (including phenoxy) is 1. The van der Waals surface area contributed by atoms with E-state index in [1.165, 1.54) is 11.1 Å². The first kappa shape index (κ1) is 30.4. The van der Waals surface area contributed by atoms with E-state index in [9.17, 15) is 0 Å². The van der Waals surface area contributed by atoms with Crippen molar-refractivity contribution in [1.82, 2.24) is 19.9 Å². The van der Waals surface area contributed by atoms with Crippen LogP contribution in [-0.4, -0.2) is 19.9 Å². The Morgan fingerprint density at radius 3 is 1.56 bits per heavy atom. The lowest BCUT2D eigenvalue weighted by atomic mass is 9.65. The second kappa shape index (κ2) is 11.9. The minimum absolute atomic E-state index is 0.603. The summed E-state index contributed by atoms with van der Waals surface area (Å²) in [5, 5.41) is 1.12. The molecule has 11 rings (SSSR count). The number of hydrogen-bond donors (Lipinski definition) is 0. The van der Waals surface area contributed by atoms with Gasteiger partial charge in [-0.05, 0) is 41.0 Å². The van der Waals surface area contributed by atoms with Gasteiger partial charge in [0.05, 0.1) is 16.6 Å². The molecule has 54 heavy (non-hydrogen) atoms. The van der Waals surface area contributed by atoms with Crippen LogP contribution in [0.2, 0.25) is 0 Å². The molecule has 0 unspecified atom stereocenters. The van der Waals surface area contributed by atoms with Crippen molar-refractivity contribution < 1.29 is 4.74 Å². The van der Waals surface area contributed by atoms with Crippen molar-refractivity contribution >= 4 is 10.9 Å². The van der Waals surface area contributed by atoms with Crippen LogP contribution in [0.25, 0.3) is 67.5 Å². The van der Waals surface area contributed by atoms with E-state index in [-0.39, 0.29) is 0 Å². The maximum absolute atomic E-state index is 6.63. The van der Waals surface area contributed by atoms with Gasteiger partial charge in [0.25, 0.3) is 0 Å². The summed E-state index contributed by atoms with van der Waals surface area (Å²) in [5.41, 5.74) is 11.9. The summed E-state index contributed by atoms with van der Waals surface area (Å²) in [5.74, 6) is 3.58. The molecule has 252 valence electrons. The van der Waals surface area contributed by atoms with Gasteiger partial charge in [-0.2, -0.15) is 0 Å². The Morgan fingerprint density at radius 1 is 0.389 bits per heavy atom. The minimum atomic E-state index is -0.629. The Bertz CT molecular complexity index is 2820. The number of para-hydroxylation sites is 3. The topological polar surface area (TPSA) is 60.8 Å². The highest BCUT2D eigenvalue weighted by Gasteiger charge is 2.52. The standard InChI is InChI=1S/C49H30N4O/c1-3-16-31(17-4-1)46-51-47(32-18-5-2-6-19-32)53-48(52-46)34-21-15-20-33(30-34)45-43-35-22-7-9-24-37(35)49(44(43)36-23-8-12-27-40(36)50-45)38-25-10-13-28-41(38)54-42-29-14-11-26-39(42)49/h1-30H. The molecule has 0 bridgehead atoms. The third-order valence-electron chi connectivity index (χ3n) is 10.8. The molecule has 1 aliphatic heterocycles. The molecule has 0 N–H and O–H groups in total. The Balaban J connectivity index is 1.19. The SMILES string of the molecule is c1ccc(-c2nc(-c3ccccc3)nc(-c3cccc(-c4nc5ccccc5c5c4-c4ccccc4C54c5ccccc5Oc5ccccc54)c3)n2)cc1. The van der Waals surface area contributed by atoms with Gasteiger partial charge in [-0.3, -0.25) is 0 Å². The molecule has 9 aromatic rings. The van der Waals surface area contributed by atoms with Crippen molar-refractivity contribution in [3.63, 3.8) is 0 Å². The molecule has 1 aliphatic carbocycles. The van der Waals surface area contributed by atoms with Crippen molar-refractivity contribution in [2.75, 3.05) is 0 Å². The summed E-state index contributed by atoms with van der Waals surface area (Å²) < 4.78 is 6.63. The van der Waals surface area contributed by atoms with E-state index in [1.54, 1.807) is 0 Å². The predicted octanol–water partition coefficient (Wildman–Crippen LogP) is 11.6. The second-order valence-corrected chi connectivity index (χ2v) is 13.7. The first-order valence-electron chi connectivity index (χ1n) is 18.1. The van der Waals surface area contributed by atoms with Crippen LogP contribution in [0, 0.1) is 0 Å². The third-order valence-corrected chi connectivity index (χ3v) is 10.8. The van der Waals surface area contributed by atoms with Gasteiger partial charge in [-0.1, -0.05) is 158 Å². The van der Waals surface area contributed by atoms with E-state index < -0.39 is 5.41 Å². The van der Waals surface area contributed by atoms with Crippen LogP contribution in [-0.2, 0) is 5.41 Å². The molecule has 0 fully saturated rings. The van der Waals surface area contributed by atoms with Crippen molar-refractivity contribution in [3.8, 4) is 68.0 Å². The summed E-state index contributed by atoms with van der Waals surface area (Å²) in [6.07, 6.45) is 0. The molecule has 7 aromatic carbocycles. The summed E-state index contributed by atoms with van der Waals surface area (Å²) in [7, 11) is 0. The van der Waals surface area contributed by atoms with Gasteiger partial charge < -0.3 is 4.74 Å². The smallest absolute Gasteiger partial charge is 0.164 e. The second-order valence-electron chi connectivity index (χ2n) is 13.7. The van der Waals surface area contributed by atoms with Crippen LogP contribution in [0.1, 0.15) is 22.3 Å². The lowest BCUT2D eigenvalue weighted by molar-refractivity contribution is 0.437. The summed E-state index contributed by atoms with van der Waals surface area (Å²) in [6, 6.07) is 63.0. The lowest BCUT2D eigenvalue weighted by Gasteiger charge is -2.39. The van der Waals surface area contributed by atoms with Crippen molar-refractivity contribution in [2.24, 2.45) is 0 Å². The van der Waals surface area contributed by atoms with Gasteiger partial charge in [0.15, 0.2) is 17.5 Å². The molecular formula is C49H30N4O. The lowest BCUT2D eigenvalue weighted by Crippen LogP contribution is -2.32. The van der Waals surface area contributed by atoms with E-state index in [1.807, 2.05) is 60.7 Å². The number of fused-ring (bicyclic) bond motifs is 11. The Morgan fingerprint density at radius 2 is 0.889 bits per heavy atom. The van der Waals surface area contributed by atoms with Crippen LogP contribution in [0.3, 0.4) is 0 Å². The summed E-state index contributed by atoms with van der Waals surface area (Å²) in [4.78, 5) is 20.5. The number of hydrogen-bond acceptors (Lipinski definition) is 5. The average Bonchev–Trinajstić information content (AvgIpc) is 3.55. The molecule has 0 saturated heterocycles. The zero-order chi connectivity index (χ0) is 35.6. The molecule has 0 radical (unpaired) electrons. The fourth-order valence-electron chi connectivity index (χ4n) is 8.53. The number of benzene rings is 7. The van der Waals surface area contributed by atoms with Gasteiger partial charge in [0, 0.05) is 44.3 Å². The van der Waals surface area contributed by atoms with Gasteiger partial charge in [-0.15, -0.1) is 0 Å². The third kappa shape index (κ3) is 4.45. The van der Waals surface area contributed by atoms with Crippen LogP contribution >= 0.6 is 0 Å². The van der Waals surface area contributed by atoms with Crippen LogP contribution in [0.15, 0.2) is 182 Å². The monoisotopic (exact) mass is 690 g/mol. The van der Waals surface area contributed by atoms with Gasteiger partial charge >= 0.3 is 0 Å². The van der Waals surface area contributed by atoms with Crippen LogP contribution < -0.4 is 4.74 Å². The highest BCUT2D eigenvalue weighted by atomic mass is 16.5. The van der Waals surface area contributed by atoms with E-state index >= 15 is 0 Å². The van der Waals surface area contributed by atoms with Crippen molar-refractivity contribution in [2.45, 2.75) is 5.41 Å². The quantitative estimate of drug-likeness (QED) is 0.184. The first-order chi connectivity index (χ1) is 26.8. The molecule has 5 nitrogen and oxygen atoms in total. The minimum Gasteiger partial charge on any atom is -0.457 e. The van der Waals surface area contributed by atoms with Crippen molar-refractivity contribution in [3.05, 3.63) is 204 Å². The Labute approximate surface area is 312 Å². The normalized spacial score (nSPS) is 13.1. The number of aromatic nitrogens is 4. The van der Waals surface area contributed by atoms with Crippen molar-refractivity contribution in [1.29, 1.82) is 0 Å². The Kier molecular flexibility index (Phi) is 6.70. The molecule has 2 aromatic heterocycles. The highest BCUT2D eigenvalue weighted by Crippen LogP contribution is 2.64. The van der Waals surface area contributed by atoms with Gasteiger partial charge in [-0.25, -0.2) is 19.9 Å². The van der Waals surface area contributed by atoms with Crippen LogP contribution in [0.4, 0.5) is 0 Å². The number of rotatable bonds is 4. The number of pyridine rings is 1. The molecule has 0 amide bonds. The van der Waals surface area contributed by atoms with E-state index in [2.05, 4.69) is 121 Å². The van der Waals surface area contributed by atoms with Gasteiger partial charge in [0.1, 0.15) is 11.5 Å². The molecular weight excluding hydrogens is 661 g/mol. The maximum Gasteiger partial charge on any atom is 0.164 e. The molecule has 5 heteroatoms.